The minimum atomic E-state index is -1.94. The average Bonchev–Trinajstić information content (AvgIpc) is 3.51. The molecule has 2 aromatic carbocycles. The maximum Gasteiger partial charge on any atom is 0.305 e. The second-order valence-electron chi connectivity index (χ2n) is 22.5. The Morgan fingerprint density at radius 3 is 1.75 bits per heavy atom. The molecule has 0 bridgehead atoms. The van der Waals surface area contributed by atoms with E-state index < -0.39 is 182 Å². The lowest BCUT2D eigenvalue weighted by molar-refractivity contribution is -0.334. The van der Waals surface area contributed by atoms with Gasteiger partial charge in [-0.3, -0.25) is 14.4 Å². The summed E-state index contributed by atoms with van der Waals surface area (Å²) in [5, 5.41) is 111. The first-order valence-electron chi connectivity index (χ1n) is 27.5. The molecule has 0 spiro atoms. The monoisotopic (exact) mass is 1140 g/mol. The first kappa shape index (κ1) is 62.2. The Kier molecular flexibility index (Phi) is 19.6. The summed E-state index contributed by atoms with van der Waals surface area (Å²) in [6, 6.07) is 3.02. The van der Waals surface area contributed by atoms with E-state index in [4.69, 9.17) is 56.8 Å². The van der Waals surface area contributed by atoms with Gasteiger partial charge in [0, 0.05) is 57.1 Å². The molecule has 6 aliphatic rings. The van der Waals surface area contributed by atoms with Crippen LogP contribution in [-0.2, 0) is 68.1 Å². The van der Waals surface area contributed by atoms with Gasteiger partial charge in [-0.25, -0.2) is 0 Å². The molecule has 10 N–H and O–H groups in total. The van der Waals surface area contributed by atoms with Gasteiger partial charge in [0.25, 0.3) is 0 Å². The van der Waals surface area contributed by atoms with E-state index in [1.165, 1.54) is 53.9 Å². The van der Waals surface area contributed by atoms with Gasteiger partial charge in [-0.2, -0.15) is 0 Å². The van der Waals surface area contributed by atoms with E-state index in [9.17, 15) is 60.7 Å². The van der Waals surface area contributed by atoms with E-state index in [2.05, 4.69) is 0 Å². The number of benzene rings is 2. The van der Waals surface area contributed by atoms with Crippen LogP contribution in [0.1, 0.15) is 115 Å². The summed E-state index contributed by atoms with van der Waals surface area (Å²) in [7, 11) is 1.18. The second-order valence-corrected chi connectivity index (χ2v) is 22.5. The zero-order valence-electron chi connectivity index (χ0n) is 46.6. The molecule has 2 aromatic rings. The Hall–Kier alpha value is -3.81. The van der Waals surface area contributed by atoms with Crippen molar-refractivity contribution in [3.8, 4) is 17.2 Å². The molecule has 0 amide bonds. The molecule has 25 nitrogen and oxygen atoms in total. The lowest BCUT2D eigenvalue weighted by Gasteiger charge is -2.46. The van der Waals surface area contributed by atoms with E-state index in [0.717, 1.165) is 0 Å². The number of fused-ring (bicyclic) bond motifs is 2. The van der Waals surface area contributed by atoms with Crippen LogP contribution in [0, 0.1) is 12.8 Å². The first-order valence-corrected chi connectivity index (χ1v) is 27.5. The standard InChI is InChI=1S/C55H80O25/c1-11-35(57)70-25(7)48(63)51(66)52(69-10)29-13-27-12-28-14-31(76-37-16-32(45(60)22(4)72-37)77-36-15-30(56)44(59)21(3)71-36)20(2)43(58)41(28)49(64)42(27)50(65)53(29)80-39-18-33(46(61)24(6)74-39)78-38-17-34(47(62)23(5)73-38)79-40-19-55(9,68)54(67)26(8)75-40/h12,14,21-26,29-30,32-34,36-40,44-48,52-54,56,58-64,67-68H,11,13,15-19H2,1-10H3/t21?,22?,23?,24?,25-,26?,29+,30-,32-,33-,34-,36+,37+,38+,39+,40+,44-,45-,46-,47+,48+,52+,53+,54-,55+/m1/s1. The van der Waals surface area contributed by atoms with Gasteiger partial charge in [0.1, 0.15) is 66.1 Å². The molecule has 5 saturated heterocycles. The van der Waals surface area contributed by atoms with Gasteiger partial charge in [-0.1, -0.05) is 6.92 Å². The minimum absolute atomic E-state index is 0.0466. The minimum Gasteiger partial charge on any atom is -0.507 e. The van der Waals surface area contributed by atoms with Gasteiger partial charge in [0.2, 0.25) is 6.29 Å². The number of Topliss-reactive ketones (excluding diaryl/α,β-unsaturated/α-hetero) is 2. The van der Waals surface area contributed by atoms with Crippen molar-refractivity contribution in [2.45, 2.75) is 254 Å². The van der Waals surface area contributed by atoms with Gasteiger partial charge in [-0.05, 0) is 84.9 Å². The normalized spacial score (nSPS) is 40.9. The van der Waals surface area contributed by atoms with Crippen molar-refractivity contribution in [1.29, 1.82) is 0 Å². The zero-order valence-corrected chi connectivity index (χ0v) is 46.6. The number of aliphatic hydroxyl groups is 8. The van der Waals surface area contributed by atoms with Crippen LogP contribution in [0.5, 0.6) is 17.2 Å². The number of ether oxygens (including phenoxy) is 12. The Labute approximate surface area is 462 Å². The van der Waals surface area contributed by atoms with Crippen LogP contribution in [0.25, 0.3) is 10.8 Å². The van der Waals surface area contributed by atoms with Crippen molar-refractivity contribution in [3.05, 3.63) is 28.8 Å². The third-order valence-electron chi connectivity index (χ3n) is 16.5. The number of phenols is 2. The molecule has 0 aromatic heterocycles. The summed E-state index contributed by atoms with van der Waals surface area (Å²) < 4.78 is 72.1. The van der Waals surface area contributed by atoms with Crippen LogP contribution in [-0.4, -0.2) is 223 Å². The van der Waals surface area contributed by atoms with Crippen molar-refractivity contribution in [2.24, 2.45) is 5.92 Å². The number of carbonyl (C=O) groups is 3. The highest BCUT2D eigenvalue weighted by Gasteiger charge is 2.52. The zero-order chi connectivity index (χ0) is 58.6. The lowest BCUT2D eigenvalue weighted by atomic mass is 9.75. The van der Waals surface area contributed by atoms with Gasteiger partial charge >= 0.3 is 5.97 Å². The van der Waals surface area contributed by atoms with Crippen LogP contribution in [0.15, 0.2) is 12.1 Å². The fourth-order valence-electron chi connectivity index (χ4n) is 11.7. The largest absolute Gasteiger partial charge is 0.507 e. The van der Waals surface area contributed by atoms with Crippen LogP contribution in [0.3, 0.4) is 0 Å². The van der Waals surface area contributed by atoms with Gasteiger partial charge < -0.3 is 108 Å². The number of phenolic OH excluding ortho intramolecular Hbond substituents is 2. The maximum atomic E-state index is 15.2. The Bertz CT molecular complexity index is 2500. The molecule has 80 heavy (non-hydrogen) atoms. The van der Waals surface area contributed by atoms with E-state index in [0.29, 0.717) is 0 Å². The maximum absolute atomic E-state index is 15.2. The van der Waals surface area contributed by atoms with Crippen molar-refractivity contribution < 1.29 is 122 Å². The topological polar surface area (TPSA) is 364 Å². The van der Waals surface area contributed by atoms with Crippen LogP contribution in [0.2, 0.25) is 0 Å². The second kappa shape index (κ2) is 25.2. The summed E-state index contributed by atoms with van der Waals surface area (Å²) in [4.78, 5) is 41.8. The Morgan fingerprint density at radius 1 is 0.713 bits per heavy atom. The SMILES string of the molecule is CCC(=O)O[C@H](C)[C@H](O)C(=O)[C@@H](OC)[C@@H]1Cc2cc3cc(O[C@H]4C[C@@H](O[C@H]5C[C@@H](O)[C@H](O)C(C)O5)[C@H](O)C(C)O4)c(C)c(O)c3c(O)c2C(=O)[C@H]1O[C@H]1C[C@@H](O[C@H]2C[C@@H](O[C@H]3C[C@](C)(O)[C@H](O)C(C)O3)[C@@H](O)C(C)O2)[C@H](O)C(C)O1. The van der Waals surface area contributed by atoms with Crippen LogP contribution < -0.4 is 4.74 Å². The van der Waals surface area contributed by atoms with E-state index in [-0.39, 0.29) is 78.2 Å². The molecular weight excluding hydrogens is 1060 g/mol. The molecule has 5 unspecified atom stereocenters. The third kappa shape index (κ3) is 12.9. The van der Waals surface area contributed by atoms with Crippen molar-refractivity contribution in [1.82, 2.24) is 0 Å². The molecule has 5 aliphatic heterocycles. The molecule has 25 atom stereocenters. The van der Waals surface area contributed by atoms with Crippen molar-refractivity contribution >= 4 is 28.3 Å². The van der Waals surface area contributed by atoms with Crippen LogP contribution >= 0.6 is 0 Å². The number of carbonyl (C=O) groups excluding carboxylic acids is 3. The molecule has 25 heteroatoms. The first-order chi connectivity index (χ1) is 37.6. The number of hydrogen-bond acceptors (Lipinski definition) is 25. The number of rotatable bonds is 17. The quantitative estimate of drug-likeness (QED) is 0.0975. The molecule has 450 valence electrons. The lowest BCUT2D eigenvalue weighted by Crippen LogP contribution is -2.58. The summed E-state index contributed by atoms with van der Waals surface area (Å²) in [5.41, 5.74) is -1.52. The van der Waals surface area contributed by atoms with Crippen LogP contribution in [0.4, 0.5) is 0 Å². The Morgan fingerprint density at radius 2 is 1.21 bits per heavy atom. The number of methoxy groups -OCH3 is 1. The number of aromatic hydroxyl groups is 2. The molecule has 8 rings (SSSR count). The van der Waals surface area contributed by atoms with Gasteiger partial charge in [-0.15, -0.1) is 0 Å². The Balaban J connectivity index is 1.06. The molecule has 1 aliphatic carbocycles. The number of hydrogen-bond donors (Lipinski definition) is 10. The molecule has 5 fully saturated rings. The predicted octanol–water partition coefficient (Wildman–Crippen LogP) is 0.712. The highest BCUT2D eigenvalue weighted by atomic mass is 16.7. The molecule has 0 saturated carbocycles. The summed E-state index contributed by atoms with van der Waals surface area (Å²) in [5.74, 6) is -4.84. The van der Waals surface area contributed by atoms with Gasteiger partial charge in [0.05, 0.1) is 71.5 Å². The highest BCUT2D eigenvalue weighted by Crippen LogP contribution is 2.48. The number of esters is 1. The van der Waals surface area contributed by atoms with Crippen molar-refractivity contribution in [3.63, 3.8) is 0 Å². The fraction of sp³-hybridized carbons (Fsp3) is 0.764. The van der Waals surface area contributed by atoms with Gasteiger partial charge in [0.15, 0.2) is 42.8 Å². The number of ketones is 2. The highest BCUT2D eigenvalue weighted by molar-refractivity contribution is 6.11. The number of aliphatic hydroxyl groups excluding tert-OH is 7. The third-order valence-corrected chi connectivity index (χ3v) is 16.5. The average molecular weight is 1140 g/mol. The molecule has 0 radical (unpaired) electrons. The fourth-order valence-corrected chi connectivity index (χ4v) is 11.7. The smallest absolute Gasteiger partial charge is 0.305 e. The van der Waals surface area contributed by atoms with E-state index in [1.807, 2.05) is 0 Å². The predicted molar refractivity (Wildman–Crippen MR) is 273 cm³/mol. The molecule has 5 heterocycles. The summed E-state index contributed by atoms with van der Waals surface area (Å²) in [6.07, 6.45) is -27.2. The van der Waals surface area contributed by atoms with Crippen molar-refractivity contribution in [2.75, 3.05) is 7.11 Å². The van der Waals surface area contributed by atoms with E-state index in [1.54, 1.807) is 27.7 Å². The summed E-state index contributed by atoms with van der Waals surface area (Å²) >= 11 is 0. The summed E-state index contributed by atoms with van der Waals surface area (Å²) in [6.45, 7) is 13.7. The van der Waals surface area contributed by atoms with E-state index >= 15 is 4.79 Å². The molecular formula is C55H80O25.